The summed E-state index contributed by atoms with van der Waals surface area (Å²) in [5.41, 5.74) is 15.9. The van der Waals surface area contributed by atoms with Crippen molar-refractivity contribution in [1.82, 2.24) is 0 Å². The first kappa shape index (κ1) is 97.3. The zero-order valence-electron chi connectivity index (χ0n) is 82.9. The lowest BCUT2D eigenvalue weighted by molar-refractivity contribution is 0.0822. The van der Waals surface area contributed by atoms with E-state index in [1.807, 2.05) is 81.4 Å². The summed E-state index contributed by atoms with van der Waals surface area (Å²) in [7, 11) is 0. The summed E-state index contributed by atoms with van der Waals surface area (Å²) in [4.78, 5) is 0. The van der Waals surface area contributed by atoms with E-state index in [4.69, 9.17) is 71.1 Å². The zero-order valence-corrected chi connectivity index (χ0v) is 82.9. The third-order valence-corrected chi connectivity index (χ3v) is 27.5. The fourth-order valence-corrected chi connectivity index (χ4v) is 20.1. The van der Waals surface area contributed by atoms with E-state index in [1.54, 1.807) is 30.3 Å². The Labute approximate surface area is 804 Å². The minimum absolute atomic E-state index is 0.0820. The van der Waals surface area contributed by atoms with Crippen LogP contribution in [0.3, 0.4) is 0 Å². The SMILES string of the molecule is CC(C)COc1ccc([C@@H]2COc3c(ccc4c3CCC(C)(C)O4)C2)c(O)c1.CC(C)Oc1ccc([C@@H]2COc3c(ccc4c3CCC(C)(C)O4)C2)c(O)c1.CCCCOc1ccc([C@@H]2COc3c(ccc4c3CCC(C)(C)O4)C2)c(O)c1.CCCOc1ccc([C@@H]2COc3c(ccc4c3CCC(C)(C)O4)C2)c(O)c1.CCOc1ccc([C@@H]2COc3c(ccc4c3CCC(C)(C)O4)C2)c(O)c1. The second kappa shape index (κ2) is 41.2. The predicted octanol–water partition coefficient (Wildman–Crippen LogP) is 25.3. The molecule has 0 saturated carbocycles. The van der Waals surface area contributed by atoms with Crippen LogP contribution in [0.1, 0.15) is 282 Å². The molecule has 10 heterocycles. The van der Waals surface area contributed by atoms with Gasteiger partial charge >= 0.3 is 0 Å². The first-order chi connectivity index (χ1) is 65.0. The molecule has 20 nitrogen and oxygen atoms in total. The second-order valence-corrected chi connectivity index (χ2v) is 42.0. The number of unbranched alkanes of at least 4 members (excludes halogenated alkanes) is 1. The topological polar surface area (TPSA) is 240 Å². The van der Waals surface area contributed by atoms with E-state index < -0.39 is 0 Å². The molecular weight excluding hydrogens is 1710 g/mol. The number of phenolic OH excluding ortho intramolecular Hbond substituents is 5. The van der Waals surface area contributed by atoms with Crippen LogP contribution in [0.2, 0.25) is 0 Å². The van der Waals surface area contributed by atoms with Crippen LogP contribution >= 0.6 is 0 Å². The fourth-order valence-electron chi connectivity index (χ4n) is 20.1. The number of rotatable bonds is 19. The summed E-state index contributed by atoms with van der Waals surface area (Å²) in [6.07, 6.45) is 17.2. The molecule has 0 spiro atoms. The van der Waals surface area contributed by atoms with E-state index in [0.29, 0.717) is 88.4 Å². The number of ether oxygens (including phenoxy) is 15. The first-order valence-electron chi connectivity index (χ1n) is 49.7. The highest BCUT2D eigenvalue weighted by molar-refractivity contribution is 5.60. The number of benzene rings is 10. The van der Waals surface area contributed by atoms with E-state index in [9.17, 15) is 25.5 Å². The molecule has 20 rings (SSSR count). The number of phenols is 5. The Kier molecular flexibility index (Phi) is 29.5. The summed E-state index contributed by atoms with van der Waals surface area (Å²) < 4.78 is 89.7. The van der Waals surface area contributed by atoms with Gasteiger partial charge in [0, 0.05) is 116 Å². The van der Waals surface area contributed by atoms with Crippen molar-refractivity contribution in [1.29, 1.82) is 0 Å². The van der Waals surface area contributed by atoms with Crippen molar-refractivity contribution < 1.29 is 96.6 Å². The van der Waals surface area contributed by atoms with Gasteiger partial charge in [0.05, 0.1) is 65.6 Å². The molecule has 0 fully saturated rings. The number of fused-ring (bicyclic) bond motifs is 15. The van der Waals surface area contributed by atoms with Gasteiger partial charge in [-0.05, 0) is 294 Å². The molecule has 5 N–H and O–H groups in total. The molecular formula is C116H142O20. The number of hydrogen-bond donors (Lipinski definition) is 5. The van der Waals surface area contributed by atoms with Crippen molar-refractivity contribution in [3.8, 4) is 115 Å². The van der Waals surface area contributed by atoms with E-state index >= 15 is 0 Å². The highest BCUT2D eigenvalue weighted by Crippen LogP contribution is 2.53. The lowest BCUT2D eigenvalue weighted by atomic mass is 9.86. The van der Waals surface area contributed by atoms with Crippen LogP contribution in [0, 0.1) is 5.92 Å². The highest BCUT2D eigenvalue weighted by Gasteiger charge is 2.40. The van der Waals surface area contributed by atoms with E-state index in [1.165, 1.54) is 55.6 Å². The van der Waals surface area contributed by atoms with Crippen LogP contribution in [0.25, 0.3) is 0 Å². The molecule has 0 bridgehead atoms. The summed E-state index contributed by atoms with van der Waals surface area (Å²) in [6.45, 7) is 41.0. The van der Waals surface area contributed by atoms with Gasteiger partial charge in [-0.2, -0.15) is 0 Å². The van der Waals surface area contributed by atoms with Crippen LogP contribution in [-0.2, 0) is 64.2 Å². The monoisotopic (exact) mass is 1860 g/mol. The number of hydrogen-bond acceptors (Lipinski definition) is 20. The van der Waals surface area contributed by atoms with Gasteiger partial charge in [-0.15, -0.1) is 0 Å². The molecule has 10 aliphatic heterocycles. The maximum absolute atomic E-state index is 10.6. The third kappa shape index (κ3) is 23.0. The van der Waals surface area contributed by atoms with Gasteiger partial charge in [-0.25, -0.2) is 0 Å². The standard InChI is InChI=1S/2C24H30O4.2C23H28O4.C22H26O4/c1-15(2)13-26-18-6-7-19(21(25)12-18)17-11-16-5-8-22-20(23(16)27-14-17)9-10-24(3,4)28-22;1-4-5-12-26-18-7-8-19(21(25)14-18)17-13-16-6-9-22-20(23(16)27-15-17)10-11-24(2,3)28-22;1-14(2)26-17-6-7-18(20(24)12-17)16-11-15-5-8-21-19(22(15)25-13-16)9-10-23(3,4)27-21;1-4-11-25-17-6-7-18(20(24)13-17)16-12-15-5-8-21-19(22(15)26-14-16)9-10-23(2,3)27-21;1-4-24-16-6-7-17(19(23)12-16)15-11-14-5-8-20-18(21(14)25-13-15)9-10-22(2,3)26-20/h5-8,12,15,17,25H,9-11,13-14H2,1-4H3;6-9,14,17,25H,4-5,10-13,15H2,1-3H3;5-8,12,14,16,24H,9-11,13H2,1-4H3;5-8,13,16,24H,4,9-12,14H2,1-3H3;5-8,12,15,23H,4,9-11,13H2,1-3H3/t2*17-;2*16-;15-/m00000/s1. The maximum atomic E-state index is 10.6. The lowest BCUT2D eigenvalue weighted by Gasteiger charge is -2.35. The molecule has 0 unspecified atom stereocenters. The van der Waals surface area contributed by atoms with Crippen molar-refractivity contribution in [3.63, 3.8) is 0 Å². The summed E-state index contributed by atoms with van der Waals surface area (Å²) in [5, 5.41) is 52.5. The van der Waals surface area contributed by atoms with Gasteiger partial charge in [0.2, 0.25) is 0 Å². The third-order valence-electron chi connectivity index (χ3n) is 27.5. The van der Waals surface area contributed by atoms with E-state index in [-0.39, 0.29) is 92.4 Å². The Morgan fingerprint density at radius 3 is 0.794 bits per heavy atom. The van der Waals surface area contributed by atoms with E-state index in [2.05, 4.69) is 158 Å². The molecule has 10 aliphatic rings. The number of aromatic hydroxyl groups is 5. The molecule has 10 aromatic carbocycles. The van der Waals surface area contributed by atoms with Crippen LogP contribution in [-0.4, -0.2) is 119 Å². The summed E-state index contributed by atoms with van der Waals surface area (Å²) >= 11 is 0. The minimum atomic E-state index is -0.121. The molecule has 0 amide bonds. The molecule has 0 aliphatic carbocycles. The van der Waals surface area contributed by atoms with E-state index in [0.717, 1.165) is 207 Å². The van der Waals surface area contributed by atoms with Gasteiger partial charge in [-0.1, -0.05) is 94.8 Å². The fraction of sp³-hybridized carbons (Fsp3) is 0.483. The average Bonchev–Trinajstić information content (AvgIpc) is 0.781. The van der Waals surface area contributed by atoms with Crippen molar-refractivity contribution in [3.05, 3.63) is 235 Å². The van der Waals surface area contributed by atoms with Gasteiger partial charge < -0.3 is 96.6 Å². The Hall–Kier alpha value is -11.8. The normalized spacial score (nSPS) is 20.1. The molecule has 136 heavy (non-hydrogen) atoms. The predicted molar refractivity (Wildman–Crippen MR) is 531 cm³/mol. The van der Waals surface area contributed by atoms with Crippen LogP contribution < -0.4 is 71.1 Å². The van der Waals surface area contributed by atoms with Gasteiger partial charge in [0.1, 0.15) is 143 Å². The van der Waals surface area contributed by atoms with Crippen molar-refractivity contribution in [2.24, 2.45) is 5.92 Å². The lowest BCUT2D eigenvalue weighted by Crippen LogP contribution is -2.33. The first-order valence-corrected chi connectivity index (χ1v) is 49.7. The quantitative estimate of drug-likeness (QED) is 0.0473. The Bertz CT molecular complexity index is 5900. The second-order valence-electron chi connectivity index (χ2n) is 42.0. The Balaban J connectivity index is 0.000000123. The van der Waals surface area contributed by atoms with Crippen molar-refractivity contribution in [2.75, 3.05) is 59.5 Å². The summed E-state index contributed by atoms with van der Waals surface area (Å²) in [6, 6.07) is 48.9. The van der Waals surface area contributed by atoms with Crippen molar-refractivity contribution >= 4 is 0 Å². The molecule has 0 radical (unpaired) electrons. The minimum Gasteiger partial charge on any atom is -0.508 e. The smallest absolute Gasteiger partial charge is 0.129 e. The molecule has 20 heteroatoms. The largest absolute Gasteiger partial charge is 0.508 e. The maximum Gasteiger partial charge on any atom is 0.129 e. The van der Waals surface area contributed by atoms with Gasteiger partial charge in [0.15, 0.2) is 0 Å². The van der Waals surface area contributed by atoms with Gasteiger partial charge in [0.25, 0.3) is 0 Å². The molecule has 726 valence electrons. The van der Waals surface area contributed by atoms with Gasteiger partial charge in [-0.3, -0.25) is 0 Å². The Morgan fingerprint density at radius 2 is 0.551 bits per heavy atom. The molecule has 0 saturated heterocycles. The van der Waals surface area contributed by atoms with Crippen molar-refractivity contribution in [2.45, 2.75) is 297 Å². The van der Waals surface area contributed by atoms with Crippen LogP contribution in [0.5, 0.6) is 115 Å². The molecule has 10 aromatic rings. The molecule has 5 atom stereocenters. The highest BCUT2D eigenvalue weighted by atomic mass is 16.5. The summed E-state index contributed by atoms with van der Waals surface area (Å²) in [5.74, 6) is 15.7. The van der Waals surface area contributed by atoms with Crippen LogP contribution in [0.15, 0.2) is 152 Å². The average molecular weight is 1860 g/mol. The Morgan fingerprint density at radius 1 is 0.301 bits per heavy atom. The zero-order chi connectivity index (χ0) is 96.1. The van der Waals surface area contributed by atoms with Crippen LogP contribution in [0.4, 0.5) is 0 Å². The molecule has 0 aromatic heterocycles.